The fourth-order valence-corrected chi connectivity index (χ4v) is 3.70. The monoisotopic (exact) mass is 410 g/mol. The smallest absolute Gasteiger partial charge is 0.261 e. The zero-order valence-electron chi connectivity index (χ0n) is 15.4. The molecule has 148 valence electrons. The number of nitrogens with zero attached hydrogens (tertiary/aromatic N) is 1. The molecule has 0 fully saturated rings. The number of amides is 2. The van der Waals surface area contributed by atoms with Gasteiger partial charge >= 0.3 is 0 Å². The van der Waals surface area contributed by atoms with Gasteiger partial charge in [-0.1, -0.05) is 0 Å². The number of aryl methyl sites for hydroxylation is 1. The summed E-state index contributed by atoms with van der Waals surface area (Å²) >= 11 is 0. The molecule has 0 bridgehead atoms. The molecule has 0 aliphatic heterocycles. The van der Waals surface area contributed by atoms with Crippen LogP contribution in [0.4, 0.5) is 11.4 Å². The maximum Gasteiger partial charge on any atom is 0.261 e. The van der Waals surface area contributed by atoms with Crippen molar-refractivity contribution in [2.24, 2.45) is 5.73 Å². The molecule has 0 aliphatic rings. The highest BCUT2D eigenvalue weighted by Gasteiger charge is 2.15. The van der Waals surface area contributed by atoms with Crippen molar-refractivity contribution in [1.29, 1.82) is 0 Å². The molecule has 9 heteroatoms. The SMILES string of the molecule is Cc1cc(NC(=O)c2ccc(S(=O)(=O)Nc3ccncc3)cc2)ccc1C(N)=O. The Kier molecular flexibility index (Phi) is 5.60. The van der Waals surface area contributed by atoms with Gasteiger partial charge in [-0.3, -0.25) is 19.3 Å². The molecule has 0 saturated carbocycles. The topological polar surface area (TPSA) is 131 Å². The van der Waals surface area contributed by atoms with Gasteiger partial charge in [-0.25, -0.2) is 8.42 Å². The van der Waals surface area contributed by atoms with Crippen LogP contribution in [0.2, 0.25) is 0 Å². The van der Waals surface area contributed by atoms with Crippen LogP contribution in [0.1, 0.15) is 26.3 Å². The molecule has 1 aromatic heterocycles. The van der Waals surface area contributed by atoms with E-state index in [4.69, 9.17) is 5.73 Å². The third-order valence-electron chi connectivity index (χ3n) is 4.11. The van der Waals surface area contributed by atoms with E-state index in [1.165, 1.54) is 54.9 Å². The lowest BCUT2D eigenvalue weighted by Crippen LogP contribution is -2.16. The quantitative estimate of drug-likeness (QED) is 0.575. The van der Waals surface area contributed by atoms with Gasteiger partial charge < -0.3 is 11.1 Å². The number of primary amides is 1. The molecule has 0 aliphatic carbocycles. The molecule has 0 radical (unpaired) electrons. The van der Waals surface area contributed by atoms with E-state index in [-0.39, 0.29) is 10.5 Å². The number of sulfonamides is 1. The van der Waals surface area contributed by atoms with Gasteiger partial charge in [0.05, 0.1) is 10.6 Å². The van der Waals surface area contributed by atoms with E-state index >= 15 is 0 Å². The summed E-state index contributed by atoms with van der Waals surface area (Å²) in [7, 11) is -3.79. The number of benzene rings is 2. The van der Waals surface area contributed by atoms with Gasteiger partial charge in [0, 0.05) is 29.2 Å². The Bertz CT molecular complexity index is 1160. The first kappa shape index (κ1) is 20.0. The maximum atomic E-state index is 12.4. The molecule has 4 N–H and O–H groups in total. The van der Waals surface area contributed by atoms with Gasteiger partial charge in [-0.15, -0.1) is 0 Å². The fourth-order valence-electron chi connectivity index (χ4n) is 2.64. The number of hydrogen-bond donors (Lipinski definition) is 3. The van der Waals surface area contributed by atoms with Crippen LogP contribution < -0.4 is 15.8 Å². The Morgan fingerprint density at radius 1 is 0.931 bits per heavy atom. The van der Waals surface area contributed by atoms with Gasteiger partial charge in [0.25, 0.3) is 15.9 Å². The summed E-state index contributed by atoms with van der Waals surface area (Å²) in [5, 5.41) is 2.70. The number of rotatable bonds is 6. The first-order valence-corrected chi connectivity index (χ1v) is 9.99. The summed E-state index contributed by atoms with van der Waals surface area (Å²) in [4.78, 5) is 27.6. The predicted molar refractivity (Wildman–Crippen MR) is 109 cm³/mol. The minimum absolute atomic E-state index is 0.0208. The van der Waals surface area contributed by atoms with Crippen LogP contribution in [0.3, 0.4) is 0 Å². The van der Waals surface area contributed by atoms with Gasteiger partial charge in [-0.2, -0.15) is 0 Å². The van der Waals surface area contributed by atoms with Crippen LogP contribution in [0.25, 0.3) is 0 Å². The van der Waals surface area contributed by atoms with Crippen molar-refractivity contribution >= 4 is 33.2 Å². The molecule has 0 spiro atoms. The molecular formula is C20H18N4O4S. The summed E-state index contributed by atoms with van der Waals surface area (Å²) < 4.78 is 27.3. The molecule has 0 atom stereocenters. The molecule has 8 nitrogen and oxygen atoms in total. The normalized spacial score (nSPS) is 10.9. The highest BCUT2D eigenvalue weighted by molar-refractivity contribution is 7.92. The molecule has 1 heterocycles. The van der Waals surface area contributed by atoms with Gasteiger partial charge in [-0.05, 0) is 67.1 Å². The van der Waals surface area contributed by atoms with Crippen LogP contribution >= 0.6 is 0 Å². The van der Waals surface area contributed by atoms with Crippen LogP contribution in [0, 0.1) is 6.92 Å². The van der Waals surface area contributed by atoms with E-state index in [0.29, 0.717) is 22.5 Å². The van der Waals surface area contributed by atoms with Crippen molar-refractivity contribution in [2.75, 3.05) is 10.0 Å². The Labute approximate surface area is 167 Å². The number of aromatic nitrogens is 1. The minimum atomic E-state index is -3.79. The molecule has 2 amide bonds. The Morgan fingerprint density at radius 2 is 1.59 bits per heavy atom. The zero-order chi connectivity index (χ0) is 21.0. The average Bonchev–Trinajstić information content (AvgIpc) is 2.68. The summed E-state index contributed by atoms with van der Waals surface area (Å²) in [5.74, 6) is -0.959. The maximum absolute atomic E-state index is 12.4. The van der Waals surface area contributed by atoms with Crippen LogP contribution in [0.15, 0.2) is 71.9 Å². The van der Waals surface area contributed by atoms with Crippen molar-refractivity contribution in [3.63, 3.8) is 0 Å². The second-order valence-electron chi connectivity index (χ2n) is 6.21. The number of pyridine rings is 1. The molecule has 29 heavy (non-hydrogen) atoms. The molecule has 0 saturated heterocycles. The number of carbonyl (C=O) groups is 2. The van der Waals surface area contributed by atoms with Crippen molar-refractivity contribution in [3.05, 3.63) is 83.7 Å². The van der Waals surface area contributed by atoms with Crippen molar-refractivity contribution in [3.8, 4) is 0 Å². The van der Waals surface area contributed by atoms with E-state index in [0.717, 1.165) is 0 Å². The van der Waals surface area contributed by atoms with E-state index in [2.05, 4.69) is 15.0 Å². The Hall–Kier alpha value is -3.72. The number of anilines is 2. The van der Waals surface area contributed by atoms with Gasteiger partial charge in [0.15, 0.2) is 0 Å². The number of nitrogens with two attached hydrogens (primary N) is 1. The highest BCUT2D eigenvalue weighted by atomic mass is 32.2. The lowest BCUT2D eigenvalue weighted by molar-refractivity contribution is 0.0997. The summed E-state index contributed by atoms with van der Waals surface area (Å²) in [5.41, 5.74) is 7.45. The van der Waals surface area contributed by atoms with Gasteiger partial charge in [0.1, 0.15) is 0 Å². The van der Waals surface area contributed by atoms with E-state index in [1.807, 2.05) is 0 Å². The second kappa shape index (κ2) is 8.11. The highest BCUT2D eigenvalue weighted by Crippen LogP contribution is 2.18. The lowest BCUT2D eigenvalue weighted by atomic mass is 10.1. The van der Waals surface area contributed by atoms with Crippen LogP contribution in [0.5, 0.6) is 0 Å². The molecule has 2 aromatic carbocycles. The van der Waals surface area contributed by atoms with E-state index in [9.17, 15) is 18.0 Å². The summed E-state index contributed by atoms with van der Waals surface area (Å²) in [6.07, 6.45) is 2.95. The Balaban J connectivity index is 1.73. The van der Waals surface area contributed by atoms with Crippen LogP contribution in [-0.2, 0) is 10.0 Å². The minimum Gasteiger partial charge on any atom is -0.366 e. The predicted octanol–water partition coefficient (Wildman–Crippen LogP) is 2.54. The third kappa shape index (κ3) is 4.77. The molecular weight excluding hydrogens is 392 g/mol. The standard InChI is InChI=1S/C20H18N4O4S/c1-13-12-16(4-7-18(13)19(21)25)23-20(26)14-2-5-17(6-3-14)29(27,28)24-15-8-10-22-11-9-15/h2-12H,1H3,(H2,21,25)(H,22,24)(H,23,26). The van der Waals surface area contributed by atoms with Crippen molar-refractivity contribution < 1.29 is 18.0 Å². The third-order valence-corrected chi connectivity index (χ3v) is 5.51. The average molecular weight is 410 g/mol. The summed E-state index contributed by atoms with van der Waals surface area (Å²) in [6, 6.07) is 13.3. The number of hydrogen-bond acceptors (Lipinski definition) is 5. The molecule has 3 rings (SSSR count). The largest absolute Gasteiger partial charge is 0.366 e. The zero-order valence-corrected chi connectivity index (χ0v) is 16.2. The Morgan fingerprint density at radius 3 is 2.17 bits per heavy atom. The fraction of sp³-hybridized carbons (Fsp3) is 0.0500. The van der Waals surface area contributed by atoms with Crippen molar-refractivity contribution in [2.45, 2.75) is 11.8 Å². The lowest BCUT2D eigenvalue weighted by Gasteiger charge is -2.10. The molecule has 0 unspecified atom stereocenters. The van der Waals surface area contributed by atoms with Crippen LogP contribution in [-0.4, -0.2) is 25.2 Å². The second-order valence-corrected chi connectivity index (χ2v) is 7.90. The molecule has 3 aromatic rings. The number of nitrogens with one attached hydrogen (secondary N) is 2. The van der Waals surface area contributed by atoms with Crippen molar-refractivity contribution in [1.82, 2.24) is 4.98 Å². The summed E-state index contributed by atoms with van der Waals surface area (Å²) in [6.45, 7) is 1.71. The van der Waals surface area contributed by atoms with E-state index < -0.39 is 21.8 Å². The van der Waals surface area contributed by atoms with E-state index in [1.54, 1.807) is 19.1 Å². The first-order valence-electron chi connectivity index (χ1n) is 8.51. The van der Waals surface area contributed by atoms with Gasteiger partial charge in [0.2, 0.25) is 5.91 Å². The number of carbonyl (C=O) groups excluding carboxylic acids is 2. The first-order chi connectivity index (χ1) is 13.8.